The van der Waals surface area contributed by atoms with Crippen LogP contribution in [0, 0.1) is 5.82 Å². The molecule has 0 saturated carbocycles. The van der Waals surface area contributed by atoms with Crippen molar-refractivity contribution >= 4 is 10.1 Å². The second-order valence-corrected chi connectivity index (χ2v) is 7.03. The van der Waals surface area contributed by atoms with Gasteiger partial charge in [0.1, 0.15) is 5.82 Å². The van der Waals surface area contributed by atoms with Gasteiger partial charge < -0.3 is 4.57 Å². The summed E-state index contributed by atoms with van der Waals surface area (Å²) in [7, 11) is -3.48. The lowest BCUT2D eigenvalue weighted by atomic mass is 10.1. The van der Waals surface area contributed by atoms with E-state index < -0.39 is 16.2 Å². The summed E-state index contributed by atoms with van der Waals surface area (Å²) in [6, 6.07) is 6.77. The second kappa shape index (κ2) is 4.96. The minimum absolute atomic E-state index is 0.269. The topological polar surface area (TPSA) is 48.3 Å². The first-order valence-corrected chi connectivity index (χ1v) is 8.50. The van der Waals surface area contributed by atoms with Crippen LogP contribution in [0.2, 0.25) is 0 Å². The molecule has 0 N–H and O–H groups in total. The van der Waals surface area contributed by atoms with Gasteiger partial charge in [0.2, 0.25) is 0 Å². The molecular weight excluding hydrogens is 293 g/mol. The Labute approximate surface area is 123 Å². The second-order valence-electron chi connectivity index (χ2n) is 5.43. The standard InChI is InChI=1S/C15H16FNO3S/c1-10(20-21(2,18)19)9-17-6-5-12-7-11-3-4-13(16)8-14(11)15(12)17/h3-6,8,10H,7,9H2,1-2H3/t10-/m0/s1. The number of halogens is 1. The van der Waals surface area contributed by atoms with Gasteiger partial charge in [0.15, 0.2) is 0 Å². The molecule has 1 aliphatic rings. The van der Waals surface area contributed by atoms with Gasteiger partial charge in [-0.15, -0.1) is 0 Å². The van der Waals surface area contributed by atoms with Crippen LogP contribution in [0.1, 0.15) is 18.1 Å². The van der Waals surface area contributed by atoms with E-state index in [1.54, 1.807) is 13.0 Å². The minimum atomic E-state index is -3.48. The van der Waals surface area contributed by atoms with Crippen molar-refractivity contribution in [3.8, 4) is 11.3 Å². The van der Waals surface area contributed by atoms with Crippen LogP contribution in [0.25, 0.3) is 11.3 Å². The zero-order valence-electron chi connectivity index (χ0n) is 11.8. The summed E-state index contributed by atoms with van der Waals surface area (Å²) in [6.07, 6.45) is 3.22. The summed E-state index contributed by atoms with van der Waals surface area (Å²) < 4.78 is 42.7. The molecule has 0 unspecified atom stereocenters. The summed E-state index contributed by atoms with van der Waals surface area (Å²) in [6.45, 7) is 2.10. The van der Waals surface area contributed by atoms with Crippen LogP contribution in [-0.2, 0) is 27.3 Å². The van der Waals surface area contributed by atoms with Crippen molar-refractivity contribution in [1.82, 2.24) is 4.57 Å². The largest absolute Gasteiger partial charge is 0.345 e. The molecule has 0 fully saturated rings. The van der Waals surface area contributed by atoms with Gasteiger partial charge in [-0.05, 0) is 36.2 Å². The fraction of sp³-hybridized carbons (Fsp3) is 0.333. The monoisotopic (exact) mass is 309 g/mol. The Bertz CT molecular complexity index is 795. The van der Waals surface area contributed by atoms with Gasteiger partial charge in [0.05, 0.1) is 24.6 Å². The van der Waals surface area contributed by atoms with E-state index in [1.807, 2.05) is 16.8 Å². The van der Waals surface area contributed by atoms with Gasteiger partial charge in [-0.2, -0.15) is 8.42 Å². The van der Waals surface area contributed by atoms with E-state index in [1.165, 1.54) is 12.1 Å². The highest BCUT2D eigenvalue weighted by atomic mass is 32.2. The molecule has 2 aromatic rings. The quantitative estimate of drug-likeness (QED) is 0.696. The van der Waals surface area contributed by atoms with Crippen LogP contribution in [-0.4, -0.2) is 25.3 Å². The van der Waals surface area contributed by atoms with Crippen molar-refractivity contribution < 1.29 is 17.0 Å². The summed E-state index contributed by atoms with van der Waals surface area (Å²) in [5.41, 5.74) is 4.05. The van der Waals surface area contributed by atoms with Gasteiger partial charge in [-0.3, -0.25) is 4.18 Å². The molecule has 0 spiro atoms. The van der Waals surface area contributed by atoms with Crippen LogP contribution >= 0.6 is 0 Å². The Balaban J connectivity index is 1.91. The van der Waals surface area contributed by atoms with E-state index in [0.717, 1.165) is 35.1 Å². The van der Waals surface area contributed by atoms with Crippen LogP contribution in [0.3, 0.4) is 0 Å². The average molecular weight is 309 g/mol. The molecule has 1 atom stereocenters. The van der Waals surface area contributed by atoms with Gasteiger partial charge >= 0.3 is 0 Å². The number of fused-ring (bicyclic) bond motifs is 3. The van der Waals surface area contributed by atoms with Gasteiger partial charge in [0.25, 0.3) is 10.1 Å². The third-order valence-corrected chi connectivity index (χ3v) is 4.23. The van der Waals surface area contributed by atoms with Crippen molar-refractivity contribution in [2.75, 3.05) is 6.26 Å². The molecule has 1 heterocycles. The highest BCUT2D eigenvalue weighted by molar-refractivity contribution is 7.86. The molecule has 0 amide bonds. The molecule has 1 aromatic heterocycles. The van der Waals surface area contributed by atoms with Gasteiger partial charge in [0, 0.05) is 18.2 Å². The predicted octanol–water partition coefficient (Wildman–Crippen LogP) is 2.56. The smallest absolute Gasteiger partial charge is 0.264 e. The maximum absolute atomic E-state index is 13.5. The zero-order chi connectivity index (χ0) is 15.2. The highest BCUT2D eigenvalue weighted by Gasteiger charge is 2.23. The Kier molecular flexibility index (Phi) is 3.37. The van der Waals surface area contributed by atoms with E-state index in [0.29, 0.717) is 6.54 Å². The molecule has 4 nitrogen and oxygen atoms in total. The van der Waals surface area contributed by atoms with Crippen molar-refractivity contribution in [3.05, 3.63) is 47.4 Å². The van der Waals surface area contributed by atoms with Crippen LogP contribution in [0.5, 0.6) is 0 Å². The third kappa shape index (κ3) is 2.87. The maximum Gasteiger partial charge on any atom is 0.264 e. The SMILES string of the molecule is C[C@@H](Cn1ccc2c1-c1cc(F)ccc1C2)OS(C)(=O)=O. The third-order valence-electron chi connectivity index (χ3n) is 3.55. The molecular formula is C15H16FNO3S. The number of rotatable bonds is 4. The maximum atomic E-state index is 13.5. The molecule has 6 heteroatoms. The first kappa shape index (κ1) is 14.3. The molecule has 0 bridgehead atoms. The van der Waals surface area contributed by atoms with E-state index in [-0.39, 0.29) is 5.82 Å². The average Bonchev–Trinajstić information content (AvgIpc) is 2.87. The van der Waals surface area contributed by atoms with Gasteiger partial charge in [-0.1, -0.05) is 6.07 Å². The van der Waals surface area contributed by atoms with E-state index in [9.17, 15) is 12.8 Å². The molecule has 0 radical (unpaired) electrons. The van der Waals surface area contributed by atoms with E-state index >= 15 is 0 Å². The van der Waals surface area contributed by atoms with Crippen LogP contribution in [0.4, 0.5) is 4.39 Å². The number of aromatic nitrogens is 1. The Morgan fingerprint density at radius 3 is 2.81 bits per heavy atom. The number of nitrogens with zero attached hydrogens (tertiary/aromatic N) is 1. The number of hydrogen-bond acceptors (Lipinski definition) is 3. The van der Waals surface area contributed by atoms with Gasteiger partial charge in [-0.25, -0.2) is 4.39 Å². The fourth-order valence-corrected chi connectivity index (χ4v) is 3.53. The normalized spacial score (nSPS) is 14.8. The highest BCUT2D eigenvalue weighted by Crippen LogP contribution is 2.37. The van der Waals surface area contributed by atoms with E-state index in [4.69, 9.17) is 4.18 Å². The zero-order valence-corrected chi connectivity index (χ0v) is 12.7. The molecule has 0 saturated heterocycles. The Hall–Kier alpha value is -1.66. The molecule has 112 valence electrons. The summed E-state index contributed by atoms with van der Waals surface area (Å²) in [5, 5.41) is 0. The first-order valence-electron chi connectivity index (χ1n) is 6.68. The summed E-state index contributed by atoms with van der Waals surface area (Å²) >= 11 is 0. The number of hydrogen-bond donors (Lipinski definition) is 0. The van der Waals surface area contributed by atoms with Crippen LogP contribution < -0.4 is 0 Å². The molecule has 21 heavy (non-hydrogen) atoms. The summed E-state index contributed by atoms with van der Waals surface area (Å²) in [4.78, 5) is 0. The number of benzene rings is 1. The Morgan fingerprint density at radius 1 is 1.33 bits per heavy atom. The lowest BCUT2D eigenvalue weighted by molar-refractivity contribution is 0.210. The van der Waals surface area contributed by atoms with Crippen molar-refractivity contribution in [2.45, 2.75) is 26.0 Å². The lowest BCUT2D eigenvalue weighted by Gasteiger charge is -2.15. The molecule has 0 aliphatic heterocycles. The summed E-state index contributed by atoms with van der Waals surface area (Å²) in [5.74, 6) is -0.269. The van der Waals surface area contributed by atoms with E-state index in [2.05, 4.69) is 0 Å². The lowest BCUT2D eigenvalue weighted by Crippen LogP contribution is -2.20. The van der Waals surface area contributed by atoms with Crippen molar-refractivity contribution in [3.63, 3.8) is 0 Å². The molecule has 1 aromatic carbocycles. The van der Waals surface area contributed by atoms with Crippen molar-refractivity contribution in [2.24, 2.45) is 0 Å². The first-order chi connectivity index (χ1) is 9.83. The van der Waals surface area contributed by atoms with Crippen molar-refractivity contribution in [1.29, 1.82) is 0 Å². The molecule has 1 aliphatic carbocycles. The minimum Gasteiger partial charge on any atom is -0.345 e. The predicted molar refractivity (Wildman–Crippen MR) is 78.0 cm³/mol. The van der Waals surface area contributed by atoms with Crippen LogP contribution in [0.15, 0.2) is 30.5 Å². The molecule has 3 rings (SSSR count). The Morgan fingerprint density at radius 2 is 2.10 bits per heavy atom. The fourth-order valence-electron chi connectivity index (χ4n) is 2.87.